The van der Waals surface area contributed by atoms with E-state index < -0.39 is 0 Å². The highest BCUT2D eigenvalue weighted by Gasteiger charge is 2.15. The third kappa shape index (κ3) is 3.39. The molecular formula is C20H13Cl2N3O2. The Kier molecular flexibility index (Phi) is 4.56. The van der Waals surface area contributed by atoms with E-state index in [1.807, 2.05) is 19.1 Å². The van der Waals surface area contributed by atoms with Crippen LogP contribution in [0.2, 0.25) is 10.0 Å². The molecule has 1 N–H and O–H groups in total. The zero-order chi connectivity index (χ0) is 19.0. The van der Waals surface area contributed by atoms with Gasteiger partial charge >= 0.3 is 0 Å². The minimum atomic E-state index is -0.345. The van der Waals surface area contributed by atoms with Gasteiger partial charge in [0.2, 0.25) is 5.89 Å². The molecule has 2 aromatic carbocycles. The number of oxazole rings is 1. The minimum Gasteiger partial charge on any atom is -0.434 e. The molecule has 0 bridgehead atoms. The maximum absolute atomic E-state index is 12.6. The maximum atomic E-state index is 12.6. The van der Waals surface area contributed by atoms with Gasteiger partial charge < -0.3 is 9.73 Å². The number of halogens is 2. The van der Waals surface area contributed by atoms with Crippen molar-refractivity contribution in [1.29, 1.82) is 0 Å². The van der Waals surface area contributed by atoms with Crippen LogP contribution in [-0.4, -0.2) is 15.9 Å². The molecule has 0 aliphatic rings. The van der Waals surface area contributed by atoms with Crippen LogP contribution in [0, 0.1) is 6.92 Å². The molecule has 1 amide bonds. The lowest BCUT2D eigenvalue weighted by atomic mass is 10.1. The number of benzene rings is 2. The molecule has 0 spiro atoms. The molecule has 27 heavy (non-hydrogen) atoms. The molecule has 134 valence electrons. The molecule has 2 heterocycles. The highest BCUT2D eigenvalue weighted by molar-refractivity contribution is 6.44. The number of pyridine rings is 1. The van der Waals surface area contributed by atoms with E-state index >= 15 is 0 Å². The van der Waals surface area contributed by atoms with E-state index in [0.29, 0.717) is 33.4 Å². The fraction of sp³-hybridized carbons (Fsp3) is 0.0500. The summed E-state index contributed by atoms with van der Waals surface area (Å²) in [7, 11) is 0. The average molecular weight is 398 g/mol. The van der Waals surface area contributed by atoms with E-state index in [0.717, 1.165) is 11.1 Å². The monoisotopic (exact) mass is 397 g/mol. The number of rotatable bonds is 3. The van der Waals surface area contributed by atoms with Crippen LogP contribution in [0.5, 0.6) is 0 Å². The smallest absolute Gasteiger partial charge is 0.257 e. The van der Waals surface area contributed by atoms with Crippen LogP contribution in [0.4, 0.5) is 5.69 Å². The SMILES string of the molecule is Cc1ccc(-c2nc3ncccc3o2)cc1NC(=O)c1cccc(Cl)c1Cl. The lowest BCUT2D eigenvalue weighted by molar-refractivity contribution is 0.102. The topological polar surface area (TPSA) is 68.0 Å². The minimum absolute atomic E-state index is 0.218. The molecule has 0 fully saturated rings. The Balaban J connectivity index is 1.68. The maximum Gasteiger partial charge on any atom is 0.257 e. The van der Waals surface area contributed by atoms with Crippen molar-refractivity contribution < 1.29 is 9.21 Å². The number of carbonyl (C=O) groups is 1. The number of hydrogen-bond donors (Lipinski definition) is 1. The van der Waals surface area contributed by atoms with Crippen LogP contribution in [0.1, 0.15) is 15.9 Å². The summed E-state index contributed by atoms with van der Waals surface area (Å²) >= 11 is 12.1. The highest BCUT2D eigenvalue weighted by Crippen LogP contribution is 2.29. The first-order valence-electron chi connectivity index (χ1n) is 8.11. The third-order valence-corrected chi connectivity index (χ3v) is 4.91. The Hall–Kier alpha value is -2.89. The molecule has 4 rings (SSSR count). The normalized spacial score (nSPS) is 10.9. The number of aromatic nitrogens is 2. The summed E-state index contributed by atoms with van der Waals surface area (Å²) in [4.78, 5) is 21.2. The molecule has 4 aromatic rings. The Morgan fingerprint density at radius 1 is 1.11 bits per heavy atom. The van der Waals surface area contributed by atoms with Gasteiger partial charge in [-0.2, -0.15) is 4.98 Å². The molecule has 0 saturated heterocycles. The van der Waals surface area contributed by atoms with Crippen molar-refractivity contribution in [2.45, 2.75) is 6.92 Å². The van der Waals surface area contributed by atoms with Crippen molar-refractivity contribution in [2.75, 3.05) is 5.32 Å². The van der Waals surface area contributed by atoms with Gasteiger partial charge in [-0.3, -0.25) is 4.79 Å². The molecule has 0 atom stereocenters. The van der Waals surface area contributed by atoms with Crippen LogP contribution >= 0.6 is 23.2 Å². The second-order valence-electron chi connectivity index (χ2n) is 5.93. The molecule has 0 saturated carbocycles. The summed E-state index contributed by atoms with van der Waals surface area (Å²) in [6.45, 7) is 1.90. The van der Waals surface area contributed by atoms with Gasteiger partial charge in [0.25, 0.3) is 5.91 Å². The number of carbonyl (C=O) groups excluding carboxylic acids is 1. The Labute approximate surface area is 165 Å². The van der Waals surface area contributed by atoms with Crippen molar-refractivity contribution in [2.24, 2.45) is 0 Å². The Morgan fingerprint density at radius 2 is 1.96 bits per heavy atom. The predicted octanol–water partition coefficient (Wildman–Crippen LogP) is 5.76. The molecule has 7 heteroatoms. The molecule has 0 unspecified atom stereocenters. The summed E-state index contributed by atoms with van der Waals surface area (Å²) in [6.07, 6.45) is 1.66. The Morgan fingerprint density at radius 3 is 2.78 bits per heavy atom. The van der Waals surface area contributed by atoms with E-state index in [9.17, 15) is 4.79 Å². The number of nitrogens with one attached hydrogen (secondary N) is 1. The number of nitrogens with zero attached hydrogens (tertiary/aromatic N) is 2. The second-order valence-corrected chi connectivity index (χ2v) is 6.71. The van der Waals surface area contributed by atoms with Gasteiger partial charge in [-0.05, 0) is 48.9 Å². The fourth-order valence-electron chi connectivity index (χ4n) is 2.65. The summed E-state index contributed by atoms with van der Waals surface area (Å²) < 4.78 is 5.75. The first kappa shape index (κ1) is 17.5. The molecule has 0 aliphatic heterocycles. The van der Waals surface area contributed by atoms with E-state index in [1.165, 1.54) is 0 Å². The first-order valence-corrected chi connectivity index (χ1v) is 8.86. The van der Waals surface area contributed by atoms with Crippen LogP contribution in [-0.2, 0) is 0 Å². The first-order chi connectivity index (χ1) is 13.0. The van der Waals surface area contributed by atoms with Crippen LogP contribution < -0.4 is 5.32 Å². The highest BCUT2D eigenvalue weighted by atomic mass is 35.5. The molecule has 2 aromatic heterocycles. The van der Waals surface area contributed by atoms with Crippen molar-refractivity contribution in [3.8, 4) is 11.5 Å². The van der Waals surface area contributed by atoms with Gasteiger partial charge in [0.15, 0.2) is 11.2 Å². The van der Waals surface area contributed by atoms with Gasteiger partial charge in [0.05, 0.1) is 15.6 Å². The number of anilines is 1. The van der Waals surface area contributed by atoms with Crippen molar-refractivity contribution >= 4 is 46.0 Å². The lowest BCUT2D eigenvalue weighted by Gasteiger charge is -2.11. The summed E-state index contributed by atoms with van der Waals surface area (Å²) in [5, 5.41) is 3.42. The van der Waals surface area contributed by atoms with Crippen molar-refractivity contribution in [1.82, 2.24) is 9.97 Å². The summed E-state index contributed by atoms with van der Waals surface area (Å²) in [6, 6.07) is 14.1. The van der Waals surface area contributed by atoms with Crippen LogP contribution in [0.25, 0.3) is 22.7 Å². The standard InChI is InChI=1S/C20H13Cl2N3O2/c1-11-7-8-12(20-25-18-16(27-20)6-3-9-23-18)10-15(11)24-19(26)13-4-2-5-14(21)17(13)22/h2-10H,1H3,(H,24,26). The fourth-order valence-corrected chi connectivity index (χ4v) is 3.04. The van der Waals surface area contributed by atoms with Gasteiger partial charge in [-0.25, -0.2) is 4.98 Å². The van der Waals surface area contributed by atoms with Crippen LogP contribution in [0.3, 0.4) is 0 Å². The quantitative estimate of drug-likeness (QED) is 0.477. The van der Waals surface area contributed by atoms with Gasteiger partial charge in [-0.1, -0.05) is 35.3 Å². The zero-order valence-corrected chi connectivity index (χ0v) is 15.7. The second kappa shape index (κ2) is 7.02. The van der Waals surface area contributed by atoms with Crippen LogP contribution in [0.15, 0.2) is 59.1 Å². The summed E-state index contributed by atoms with van der Waals surface area (Å²) in [5.74, 6) is 0.0852. The molecule has 0 aliphatic carbocycles. The summed E-state index contributed by atoms with van der Waals surface area (Å²) in [5.41, 5.74) is 3.68. The number of fused-ring (bicyclic) bond motifs is 1. The van der Waals surface area contributed by atoms with Gasteiger partial charge in [0.1, 0.15) is 0 Å². The van der Waals surface area contributed by atoms with E-state index in [4.69, 9.17) is 27.6 Å². The molecule has 0 radical (unpaired) electrons. The largest absolute Gasteiger partial charge is 0.434 e. The Bertz CT molecular complexity index is 1140. The zero-order valence-electron chi connectivity index (χ0n) is 14.2. The van der Waals surface area contributed by atoms with Gasteiger partial charge in [-0.15, -0.1) is 0 Å². The van der Waals surface area contributed by atoms with E-state index in [-0.39, 0.29) is 10.9 Å². The lowest BCUT2D eigenvalue weighted by Crippen LogP contribution is -2.13. The number of amides is 1. The van der Waals surface area contributed by atoms with E-state index in [1.54, 1.807) is 42.6 Å². The molecular weight excluding hydrogens is 385 g/mol. The van der Waals surface area contributed by atoms with Gasteiger partial charge in [0, 0.05) is 17.4 Å². The predicted molar refractivity (Wildman–Crippen MR) is 106 cm³/mol. The third-order valence-electron chi connectivity index (χ3n) is 4.09. The van der Waals surface area contributed by atoms with E-state index in [2.05, 4.69) is 15.3 Å². The number of aryl methyl sites for hydroxylation is 1. The molecule has 5 nitrogen and oxygen atoms in total. The average Bonchev–Trinajstić information content (AvgIpc) is 3.10. The number of hydrogen-bond acceptors (Lipinski definition) is 4. The van der Waals surface area contributed by atoms with Crippen molar-refractivity contribution in [3.05, 3.63) is 75.9 Å². The van der Waals surface area contributed by atoms with Crippen molar-refractivity contribution in [3.63, 3.8) is 0 Å².